The van der Waals surface area contributed by atoms with Crippen molar-refractivity contribution in [3.05, 3.63) is 211 Å². The minimum atomic E-state index is -0.538. The van der Waals surface area contributed by atoms with Gasteiger partial charge in [0.2, 0.25) is 46.8 Å². The Morgan fingerprint density at radius 3 is 1.86 bits per heavy atom. The zero-order chi connectivity index (χ0) is 59.5. The van der Waals surface area contributed by atoms with E-state index in [2.05, 4.69) is 211 Å². The van der Waals surface area contributed by atoms with Crippen LogP contribution in [0.25, 0.3) is 77.0 Å². The van der Waals surface area contributed by atoms with Crippen LogP contribution in [0.2, 0.25) is 0 Å². The Balaban J connectivity index is 0.694. The number of hydrogen-bond acceptors (Lipinski definition) is 8. The number of esters is 1. The van der Waals surface area contributed by atoms with Gasteiger partial charge in [-0.25, -0.2) is 9.59 Å². The standard InChI is InChI=1S/C73H67N7O7S/c81-66(28-14-13-27-65-68-61(46-88-65)76-73(84)77-68)74-37-39-85-41-42-86-40-38-75-67(82)36-31-47-29-32-48(33-30-47)49-34-35-64-72(83)87-45-50-44-79-62-25-11-9-17-53(62)51-15-1-3-19-55(51)69(79)57-21-5-6-22-58(57)70(78(64)43-49)59-23-7-8-24-60(59)71-56-20-4-2-16-52(56)54-18-10-12-26-63(54)80(50)71/h1-12,15-26,29-30,32-35,43,50,61,65,68,70H,13-14,27-28,31,36-42,44-46H2,(H-3,74,75,76,77,81,82,84)/p+3. The Morgan fingerprint density at radius 1 is 0.580 bits per heavy atom. The van der Waals surface area contributed by atoms with E-state index in [0.29, 0.717) is 76.3 Å². The van der Waals surface area contributed by atoms with E-state index in [9.17, 15) is 14.4 Å². The van der Waals surface area contributed by atoms with Crippen LogP contribution in [-0.2, 0) is 36.8 Å². The summed E-state index contributed by atoms with van der Waals surface area (Å²) in [5.74, 6) is 0.499. The number of aromatic nitrogens is 3. The van der Waals surface area contributed by atoms with Gasteiger partial charge >= 0.3 is 12.0 Å². The van der Waals surface area contributed by atoms with Gasteiger partial charge in [0.1, 0.15) is 0 Å². The molecule has 442 valence electrons. The Kier molecular flexibility index (Phi) is 16.4. The van der Waals surface area contributed by atoms with Crippen LogP contribution >= 0.6 is 11.8 Å². The predicted molar refractivity (Wildman–Crippen MR) is 343 cm³/mol. The molecule has 10 aromatic rings. The molecule has 5 atom stereocenters. The van der Waals surface area contributed by atoms with Crippen LogP contribution in [0.15, 0.2) is 188 Å². The first kappa shape index (κ1) is 56.8. The van der Waals surface area contributed by atoms with Gasteiger partial charge in [0, 0.05) is 82.6 Å². The van der Waals surface area contributed by atoms with E-state index in [1.165, 1.54) is 5.39 Å². The summed E-state index contributed by atoms with van der Waals surface area (Å²) in [5, 5.41) is 19.2. The maximum absolute atomic E-state index is 15.3. The number of nitrogens with one attached hydrogen (secondary N) is 4. The zero-order valence-electron chi connectivity index (χ0n) is 49.0. The summed E-state index contributed by atoms with van der Waals surface area (Å²) in [6, 6.07) is 64.0. The van der Waals surface area contributed by atoms with Crippen molar-refractivity contribution in [1.29, 1.82) is 0 Å². The Labute approximate surface area is 515 Å². The summed E-state index contributed by atoms with van der Waals surface area (Å²) in [5.41, 5.74) is 11.9. The molecule has 2 saturated heterocycles. The third-order valence-electron chi connectivity index (χ3n) is 18.0. The predicted octanol–water partition coefficient (Wildman–Crippen LogP) is 10.4. The molecule has 0 aliphatic carbocycles. The molecule has 4 amide bonds. The highest BCUT2D eigenvalue weighted by atomic mass is 32.2. The quantitative estimate of drug-likeness (QED) is 0.0218. The van der Waals surface area contributed by atoms with E-state index in [1.54, 1.807) is 0 Å². The number of para-hydroxylation sites is 2. The topological polar surface area (TPSA) is 156 Å². The number of unbranched alkanes of at least 4 members (excludes halogenated alkanes) is 1. The highest BCUT2D eigenvalue weighted by Gasteiger charge is 2.45. The summed E-state index contributed by atoms with van der Waals surface area (Å²) in [4.78, 5) is 52.3. The second-order valence-electron chi connectivity index (χ2n) is 23.3. The van der Waals surface area contributed by atoms with E-state index in [0.717, 1.165) is 113 Å². The number of urea groups is 1. The number of aryl methyl sites for hydroxylation is 1. The van der Waals surface area contributed by atoms with Gasteiger partial charge in [-0.3, -0.25) is 9.59 Å². The van der Waals surface area contributed by atoms with E-state index in [1.807, 2.05) is 23.9 Å². The molecular weight excluding hydrogens is 1120 g/mol. The average Bonchev–Trinajstić information content (AvgIpc) is 1.20. The maximum Gasteiger partial charge on any atom is 0.403 e. The average molecular weight is 1190 g/mol. The van der Waals surface area contributed by atoms with Crippen molar-refractivity contribution < 1.29 is 47.1 Å². The Bertz CT molecular complexity index is 4330. The number of nitrogens with zero attached hydrogens (tertiary/aromatic N) is 3. The van der Waals surface area contributed by atoms with E-state index in [-0.39, 0.29) is 42.6 Å². The molecule has 7 heterocycles. The van der Waals surface area contributed by atoms with Crippen LogP contribution < -0.4 is 35.0 Å². The zero-order valence-corrected chi connectivity index (χ0v) is 49.8. The minimum Gasteiger partial charge on any atom is -0.450 e. The molecule has 5 unspecified atom stereocenters. The number of pyridine rings is 3. The molecule has 2 fully saturated rings. The third-order valence-corrected chi connectivity index (χ3v) is 19.5. The summed E-state index contributed by atoms with van der Waals surface area (Å²) in [6.45, 7) is 2.95. The van der Waals surface area contributed by atoms with Crippen molar-refractivity contribution >= 4 is 78.9 Å². The van der Waals surface area contributed by atoms with Gasteiger partial charge < -0.3 is 35.5 Å². The lowest BCUT2D eigenvalue weighted by Gasteiger charge is -2.21. The van der Waals surface area contributed by atoms with Gasteiger partial charge in [0.05, 0.1) is 71.2 Å². The van der Waals surface area contributed by atoms with Crippen LogP contribution in [0.3, 0.4) is 0 Å². The number of rotatable bonds is 18. The van der Waals surface area contributed by atoms with E-state index in [4.69, 9.17) is 14.2 Å². The molecule has 4 N–H and O–H groups in total. The number of hydrogen-bond donors (Lipinski definition) is 4. The molecule has 0 radical (unpaired) electrons. The van der Waals surface area contributed by atoms with Crippen molar-refractivity contribution in [2.45, 2.75) is 74.5 Å². The Hall–Kier alpha value is -9.02. The fraction of sp³-hybridized carbons (Fsp3) is 0.274. The van der Waals surface area contributed by atoms with Gasteiger partial charge in [-0.1, -0.05) is 128 Å². The molecule has 2 bridgehead atoms. The first-order valence-corrected chi connectivity index (χ1v) is 32.0. The molecule has 4 aliphatic rings. The highest BCUT2D eigenvalue weighted by Crippen LogP contribution is 2.43. The maximum atomic E-state index is 15.3. The van der Waals surface area contributed by atoms with Crippen molar-refractivity contribution in [2.75, 3.05) is 51.9 Å². The molecule has 14 rings (SSSR count). The van der Waals surface area contributed by atoms with Crippen molar-refractivity contribution in [3.8, 4) is 33.6 Å². The first-order chi connectivity index (χ1) is 43.3. The minimum absolute atomic E-state index is 0.0175. The third kappa shape index (κ3) is 11.2. The second-order valence-corrected chi connectivity index (χ2v) is 24.6. The van der Waals surface area contributed by atoms with Gasteiger partial charge in [-0.2, -0.15) is 25.5 Å². The molecule has 4 aliphatic heterocycles. The Morgan fingerprint density at radius 2 is 1.16 bits per heavy atom. The number of amides is 4. The highest BCUT2D eigenvalue weighted by molar-refractivity contribution is 8.00. The largest absolute Gasteiger partial charge is 0.450 e. The monoisotopic (exact) mass is 1190 g/mol. The number of benzene rings is 7. The molecule has 3 aromatic heterocycles. The van der Waals surface area contributed by atoms with Crippen LogP contribution in [0, 0.1) is 0 Å². The molecule has 0 spiro atoms. The van der Waals surface area contributed by atoms with Gasteiger partial charge in [0.15, 0.2) is 12.8 Å². The van der Waals surface area contributed by atoms with Gasteiger partial charge in [-0.15, -0.1) is 0 Å². The number of carbonyl (C=O) groups is 4. The molecule has 88 heavy (non-hydrogen) atoms. The summed E-state index contributed by atoms with van der Waals surface area (Å²) < 4.78 is 25.2. The van der Waals surface area contributed by atoms with Crippen LogP contribution in [-0.4, -0.2) is 93.0 Å². The lowest BCUT2D eigenvalue weighted by Crippen LogP contribution is -2.54. The summed E-state index contributed by atoms with van der Waals surface area (Å²) in [6.07, 6.45) is 6.23. The SMILES string of the molecule is O=C(CCCCC1SCC2NC(=O)NC21)NCCOCCOCCNC(=O)CCc1ccc(-c2ccc3[n+](c2)C2c4ccccc4-c4c5ccccc5c5ccccc5[n+]4CC(COC3=O)[n+]3c(c4ccccc4c4ccccc43)-c3ccccc32)cc1. The van der Waals surface area contributed by atoms with Crippen molar-refractivity contribution in [3.63, 3.8) is 0 Å². The number of ether oxygens (including phenoxy) is 3. The lowest BCUT2D eigenvalue weighted by molar-refractivity contribution is -0.765. The van der Waals surface area contributed by atoms with E-state index >= 15 is 4.79 Å². The number of carbonyl (C=O) groups excluding carboxylic acids is 4. The molecular formula is C73H70N7O7S+3. The number of thioether (sulfide) groups is 1. The normalized spacial score (nSPS) is 18.3. The number of fused-ring (bicyclic) bond motifs is 15. The van der Waals surface area contributed by atoms with Gasteiger partial charge in [-0.05, 0) is 72.9 Å². The molecule has 14 nitrogen and oxygen atoms in total. The molecule has 0 saturated carbocycles. The van der Waals surface area contributed by atoms with Crippen molar-refractivity contribution in [2.24, 2.45) is 0 Å². The lowest BCUT2D eigenvalue weighted by atomic mass is 9.86. The smallest absolute Gasteiger partial charge is 0.403 e. The first-order valence-electron chi connectivity index (χ1n) is 30.9. The molecule has 7 aromatic carbocycles. The fourth-order valence-electron chi connectivity index (χ4n) is 13.9. The van der Waals surface area contributed by atoms with E-state index < -0.39 is 12.0 Å². The number of cyclic esters (lactones) is 1. The molecule has 15 heteroatoms. The fourth-order valence-corrected chi connectivity index (χ4v) is 15.4. The van der Waals surface area contributed by atoms with Gasteiger partial charge in [0.25, 0.3) is 11.7 Å². The second kappa shape index (κ2) is 25.4. The van der Waals surface area contributed by atoms with Crippen LogP contribution in [0.1, 0.15) is 71.4 Å². The summed E-state index contributed by atoms with van der Waals surface area (Å²) >= 11 is 1.89. The van der Waals surface area contributed by atoms with Crippen LogP contribution in [0.5, 0.6) is 0 Å². The summed E-state index contributed by atoms with van der Waals surface area (Å²) in [7, 11) is 0. The van der Waals surface area contributed by atoms with Crippen LogP contribution in [0.4, 0.5) is 4.79 Å². The van der Waals surface area contributed by atoms with Crippen molar-refractivity contribution in [1.82, 2.24) is 21.3 Å².